The van der Waals surface area contributed by atoms with Crippen LogP contribution in [0.3, 0.4) is 0 Å². The molecule has 0 spiro atoms. The van der Waals surface area contributed by atoms with Crippen LogP contribution in [0.2, 0.25) is 0 Å². The summed E-state index contributed by atoms with van der Waals surface area (Å²) in [6, 6.07) is 5.88. The number of ether oxygens (including phenoxy) is 1. The van der Waals surface area contributed by atoms with Crippen LogP contribution in [-0.2, 0) is 12.1 Å². The zero-order chi connectivity index (χ0) is 15.0. The van der Waals surface area contributed by atoms with Gasteiger partial charge in [0.25, 0.3) is 5.89 Å². The van der Waals surface area contributed by atoms with Crippen LogP contribution in [-0.4, -0.2) is 25.1 Å². The normalized spacial score (nSPS) is 15.7. The molecule has 1 aliphatic rings. The first-order valence-electron chi connectivity index (χ1n) is 6.85. The minimum Gasteiger partial charge on any atom is -0.477 e. The molecule has 22 heavy (non-hydrogen) atoms. The fraction of sp³-hybridized carbons (Fsp3) is 0.286. The fourth-order valence-electron chi connectivity index (χ4n) is 2.17. The van der Waals surface area contributed by atoms with Crippen molar-refractivity contribution in [3.05, 3.63) is 54.2 Å². The molecule has 4 rings (SSSR count). The lowest BCUT2D eigenvalue weighted by atomic mass is 10.3. The Hall–Kier alpha value is -2.77. The molecule has 0 aliphatic heterocycles. The lowest BCUT2D eigenvalue weighted by Gasteiger charge is -2.13. The number of hydrogen-bond donors (Lipinski definition) is 0. The van der Waals surface area contributed by atoms with Gasteiger partial charge in [0.1, 0.15) is 18.1 Å². The SMILES string of the molecule is Fc1ccc(OC2(c3nc(Cn4ccnn4)no3)CC2)cc1. The molecule has 1 aliphatic carbocycles. The lowest BCUT2D eigenvalue weighted by Crippen LogP contribution is -2.16. The van der Waals surface area contributed by atoms with Crippen molar-refractivity contribution < 1.29 is 13.7 Å². The Morgan fingerprint density at radius 2 is 2.09 bits per heavy atom. The summed E-state index contributed by atoms with van der Waals surface area (Å²) in [6.45, 7) is 0.385. The molecule has 0 atom stereocenters. The molecule has 8 heteroatoms. The van der Waals surface area contributed by atoms with Gasteiger partial charge < -0.3 is 9.26 Å². The maximum Gasteiger partial charge on any atom is 0.270 e. The van der Waals surface area contributed by atoms with E-state index in [0.717, 1.165) is 12.8 Å². The molecule has 3 aromatic rings. The number of rotatable bonds is 5. The molecule has 112 valence electrons. The Labute approximate surface area is 124 Å². The Kier molecular flexibility index (Phi) is 2.88. The topological polar surface area (TPSA) is 78.9 Å². The highest BCUT2D eigenvalue weighted by atomic mass is 19.1. The van der Waals surface area contributed by atoms with Crippen LogP contribution in [0.1, 0.15) is 24.6 Å². The van der Waals surface area contributed by atoms with Gasteiger partial charge >= 0.3 is 0 Å². The van der Waals surface area contributed by atoms with E-state index in [1.54, 1.807) is 29.2 Å². The van der Waals surface area contributed by atoms with Gasteiger partial charge in [0, 0.05) is 19.0 Å². The van der Waals surface area contributed by atoms with E-state index in [-0.39, 0.29) is 5.82 Å². The summed E-state index contributed by atoms with van der Waals surface area (Å²) in [5, 5.41) is 11.5. The minimum atomic E-state index is -0.592. The van der Waals surface area contributed by atoms with Gasteiger partial charge in [-0.15, -0.1) is 5.10 Å². The number of hydrogen-bond acceptors (Lipinski definition) is 6. The van der Waals surface area contributed by atoms with Crippen molar-refractivity contribution in [2.45, 2.75) is 25.0 Å². The third-order valence-corrected chi connectivity index (χ3v) is 3.46. The molecule has 1 fully saturated rings. The first-order valence-corrected chi connectivity index (χ1v) is 6.85. The Balaban J connectivity index is 1.51. The largest absolute Gasteiger partial charge is 0.477 e. The molecule has 0 radical (unpaired) electrons. The third-order valence-electron chi connectivity index (χ3n) is 3.46. The van der Waals surface area contributed by atoms with Crippen molar-refractivity contribution in [1.82, 2.24) is 25.1 Å². The lowest BCUT2D eigenvalue weighted by molar-refractivity contribution is 0.134. The van der Waals surface area contributed by atoms with Gasteiger partial charge in [-0.25, -0.2) is 9.07 Å². The van der Waals surface area contributed by atoms with Crippen LogP contribution < -0.4 is 4.74 Å². The average molecular weight is 301 g/mol. The van der Waals surface area contributed by atoms with Crippen molar-refractivity contribution in [3.63, 3.8) is 0 Å². The Morgan fingerprint density at radius 3 is 2.77 bits per heavy atom. The zero-order valence-electron chi connectivity index (χ0n) is 11.5. The second-order valence-corrected chi connectivity index (χ2v) is 5.17. The molecule has 2 heterocycles. The van der Waals surface area contributed by atoms with Gasteiger partial charge in [-0.3, -0.25) is 0 Å². The van der Waals surface area contributed by atoms with Crippen LogP contribution in [0.25, 0.3) is 0 Å². The number of nitrogens with zero attached hydrogens (tertiary/aromatic N) is 5. The van der Waals surface area contributed by atoms with E-state index < -0.39 is 5.60 Å². The molecule has 1 saturated carbocycles. The standard InChI is InChI=1S/C14H12FN5O2/c15-10-1-3-11(4-2-10)21-14(5-6-14)13-17-12(18-22-13)9-20-8-7-16-19-20/h1-4,7-8H,5-6,9H2. The summed E-state index contributed by atoms with van der Waals surface area (Å²) in [6.07, 6.45) is 4.88. The van der Waals surface area contributed by atoms with Crippen molar-refractivity contribution in [2.75, 3.05) is 0 Å². The van der Waals surface area contributed by atoms with E-state index in [2.05, 4.69) is 20.5 Å². The van der Waals surface area contributed by atoms with Crippen LogP contribution in [0.4, 0.5) is 4.39 Å². The summed E-state index contributed by atoms with van der Waals surface area (Å²) in [5.74, 6) is 1.22. The van der Waals surface area contributed by atoms with Crippen LogP contribution in [0.15, 0.2) is 41.2 Å². The van der Waals surface area contributed by atoms with Gasteiger partial charge in [-0.2, -0.15) is 4.98 Å². The van der Waals surface area contributed by atoms with Gasteiger partial charge in [0.05, 0.1) is 6.20 Å². The molecular formula is C14H12FN5O2. The van der Waals surface area contributed by atoms with Crippen molar-refractivity contribution in [3.8, 4) is 5.75 Å². The van der Waals surface area contributed by atoms with Crippen LogP contribution in [0, 0.1) is 5.82 Å². The first-order chi connectivity index (χ1) is 10.7. The molecule has 0 unspecified atom stereocenters. The smallest absolute Gasteiger partial charge is 0.270 e. The molecule has 0 bridgehead atoms. The highest BCUT2D eigenvalue weighted by molar-refractivity contribution is 5.25. The third kappa shape index (κ3) is 2.43. The monoisotopic (exact) mass is 301 g/mol. The second kappa shape index (κ2) is 4.90. The Morgan fingerprint density at radius 1 is 1.27 bits per heavy atom. The Bertz CT molecular complexity index is 765. The summed E-state index contributed by atoms with van der Waals surface area (Å²) in [5.41, 5.74) is -0.592. The maximum absolute atomic E-state index is 12.9. The second-order valence-electron chi connectivity index (χ2n) is 5.17. The maximum atomic E-state index is 12.9. The van der Waals surface area contributed by atoms with E-state index in [0.29, 0.717) is 24.0 Å². The first kappa shape index (κ1) is 12.9. The molecule has 1 aromatic carbocycles. The summed E-state index contributed by atoms with van der Waals surface area (Å²) in [4.78, 5) is 4.37. The molecule has 2 aromatic heterocycles. The van der Waals surface area contributed by atoms with E-state index in [1.165, 1.54) is 12.1 Å². The number of aromatic nitrogens is 5. The van der Waals surface area contributed by atoms with Gasteiger partial charge in [0.2, 0.25) is 0 Å². The minimum absolute atomic E-state index is 0.301. The zero-order valence-corrected chi connectivity index (χ0v) is 11.5. The molecular weight excluding hydrogens is 289 g/mol. The highest BCUT2D eigenvalue weighted by Gasteiger charge is 2.52. The number of halogens is 1. The molecule has 7 nitrogen and oxygen atoms in total. The van der Waals surface area contributed by atoms with Crippen molar-refractivity contribution in [2.24, 2.45) is 0 Å². The van der Waals surface area contributed by atoms with Crippen molar-refractivity contribution >= 4 is 0 Å². The van der Waals surface area contributed by atoms with Gasteiger partial charge in [-0.1, -0.05) is 10.4 Å². The summed E-state index contributed by atoms with van der Waals surface area (Å²) < 4.78 is 25.8. The molecule has 0 amide bonds. The summed E-state index contributed by atoms with van der Waals surface area (Å²) >= 11 is 0. The predicted octanol–water partition coefficient (Wildman–Crippen LogP) is 1.92. The average Bonchev–Trinajstić information content (AvgIpc) is 2.92. The predicted molar refractivity (Wildman–Crippen MR) is 71.4 cm³/mol. The highest BCUT2D eigenvalue weighted by Crippen LogP contribution is 2.48. The van der Waals surface area contributed by atoms with Gasteiger partial charge in [-0.05, 0) is 24.3 Å². The van der Waals surface area contributed by atoms with Crippen LogP contribution in [0.5, 0.6) is 5.75 Å². The molecule has 0 saturated heterocycles. The van der Waals surface area contributed by atoms with E-state index in [9.17, 15) is 4.39 Å². The molecule has 0 N–H and O–H groups in total. The van der Waals surface area contributed by atoms with Gasteiger partial charge in [0.15, 0.2) is 11.4 Å². The van der Waals surface area contributed by atoms with E-state index in [4.69, 9.17) is 9.26 Å². The van der Waals surface area contributed by atoms with Crippen molar-refractivity contribution in [1.29, 1.82) is 0 Å². The summed E-state index contributed by atoms with van der Waals surface area (Å²) in [7, 11) is 0. The fourth-order valence-corrected chi connectivity index (χ4v) is 2.17. The number of benzene rings is 1. The quantitative estimate of drug-likeness (QED) is 0.716. The van der Waals surface area contributed by atoms with Crippen LogP contribution >= 0.6 is 0 Å². The van der Waals surface area contributed by atoms with E-state index >= 15 is 0 Å². The van der Waals surface area contributed by atoms with E-state index in [1.807, 2.05) is 0 Å².